The fourth-order valence-electron chi connectivity index (χ4n) is 1.83. The number of nitrogens with one attached hydrogen (secondary N) is 1. The van der Waals surface area contributed by atoms with Gasteiger partial charge in [-0.2, -0.15) is 0 Å². The lowest BCUT2D eigenvalue weighted by molar-refractivity contribution is 0.0878. The number of aryl methyl sites for hydroxylation is 1. The first-order valence-electron chi connectivity index (χ1n) is 5.65. The molecule has 1 N–H and O–H groups in total. The van der Waals surface area contributed by atoms with Gasteiger partial charge < -0.3 is 5.32 Å². The van der Waals surface area contributed by atoms with Gasteiger partial charge in [0.1, 0.15) is 0 Å². The highest BCUT2D eigenvalue weighted by atomic mass is 16.1. The summed E-state index contributed by atoms with van der Waals surface area (Å²) in [6.07, 6.45) is 2.25. The molecular weight excluding hydrogens is 186 g/mol. The van der Waals surface area contributed by atoms with E-state index >= 15 is 0 Å². The molecule has 0 aliphatic carbocycles. The van der Waals surface area contributed by atoms with Crippen LogP contribution in [-0.2, 0) is 6.42 Å². The number of hydrogen-bond acceptors (Lipinski definition) is 2. The minimum absolute atomic E-state index is 0.210. The summed E-state index contributed by atoms with van der Waals surface area (Å²) in [5, 5.41) is 3.12. The van der Waals surface area contributed by atoms with Crippen LogP contribution in [0.2, 0.25) is 0 Å². The minimum Gasteiger partial charge on any atom is -0.315 e. The molecule has 1 fully saturated rings. The van der Waals surface area contributed by atoms with Crippen molar-refractivity contribution in [3.8, 4) is 0 Å². The number of Topliss-reactive ketones (excluding diaryl/α,β-unsaturated/α-hetero) is 1. The minimum atomic E-state index is 0.210. The lowest BCUT2D eigenvalue weighted by atomic mass is 9.92. The van der Waals surface area contributed by atoms with Crippen LogP contribution in [0, 0.1) is 5.92 Å². The van der Waals surface area contributed by atoms with Crippen molar-refractivity contribution in [3.63, 3.8) is 0 Å². The third-order valence-corrected chi connectivity index (χ3v) is 2.93. The highest BCUT2D eigenvalue weighted by Gasteiger charge is 2.25. The Morgan fingerprint density at radius 1 is 1.33 bits per heavy atom. The van der Waals surface area contributed by atoms with Crippen molar-refractivity contribution < 1.29 is 4.79 Å². The number of rotatable bonds is 4. The van der Waals surface area contributed by atoms with Crippen LogP contribution in [0.1, 0.15) is 29.3 Å². The summed E-state index contributed by atoms with van der Waals surface area (Å²) < 4.78 is 0. The first kappa shape index (κ1) is 10.4. The molecule has 1 heterocycles. The summed E-state index contributed by atoms with van der Waals surface area (Å²) in [4.78, 5) is 11.9. The van der Waals surface area contributed by atoms with Crippen molar-refractivity contribution in [1.82, 2.24) is 5.32 Å². The van der Waals surface area contributed by atoms with Gasteiger partial charge in [0.2, 0.25) is 0 Å². The molecule has 1 aliphatic heterocycles. The third-order valence-electron chi connectivity index (χ3n) is 2.93. The highest BCUT2D eigenvalue weighted by molar-refractivity contribution is 5.98. The maximum atomic E-state index is 11.9. The Balaban J connectivity index is 2.05. The van der Waals surface area contributed by atoms with Crippen LogP contribution in [0.5, 0.6) is 0 Å². The number of carbonyl (C=O) groups is 1. The van der Waals surface area contributed by atoms with Gasteiger partial charge in [0.05, 0.1) is 0 Å². The molecule has 1 aromatic rings. The van der Waals surface area contributed by atoms with E-state index < -0.39 is 0 Å². The second kappa shape index (κ2) is 4.58. The van der Waals surface area contributed by atoms with E-state index in [9.17, 15) is 4.79 Å². The number of carbonyl (C=O) groups excluding carboxylic acids is 1. The van der Waals surface area contributed by atoms with Gasteiger partial charge >= 0.3 is 0 Å². The van der Waals surface area contributed by atoms with Crippen LogP contribution in [0.3, 0.4) is 0 Å². The summed E-state index contributed by atoms with van der Waals surface area (Å²) in [5.41, 5.74) is 2.18. The van der Waals surface area contributed by atoms with E-state index in [-0.39, 0.29) is 11.7 Å². The first-order valence-corrected chi connectivity index (χ1v) is 5.65. The summed E-state index contributed by atoms with van der Waals surface area (Å²) >= 11 is 0. The zero-order chi connectivity index (χ0) is 10.7. The average molecular weight is 203 g/mol. The maximum absolute atomic E-state index is 11.9. The van der Waals surface area contributed by atoms with Crippen LogP contribution < -0.4 is 5.32 Å². The van der Waals surface area contributed by atoms with Gasteiger partial charge in [0, 0.05) is 24.6 Å². The van der Waals surface area contributed by atoms with Crippen LogP contribution in [0.25, 0.3) is 0 Å². The van der Waals surface area contributed by atoms with E-state index in [2.05, 4.69) is 24.4 Å². The van der Waals surface area contributed by atoms with E-state index in [1.807, 2.05) is 12.1 Å². The van der Waals surface area contributed by atoms with Crippen molar-refractivity contribution in [1.29, 1.82) is 0 Å². The molecule has 2 heteroatoms. The molecule has 0 atom stereocenters. The molecule has 0 amide bonds. The van der Waals surface area contributed by atoms with E-state index in [1.54, 1.807) is 0 Å². The molecule has 15 heavy (non-hydrogen) atoms. The van der Waals surface area contributed by atoms with E-state index in [1.165, 1.54) is 5.56 Å². The van der Waals surface area contributed by atoms with Crippen molar-refractivity contribution in [2.24, 2.45) is 5.92 Å². The Labute approximate surface area is 90.7 Å². The molecule has 1 aromatic carbocycles. The standard InChI is InChI=1S/C13H17NO/c1-2-3-10-4-6-11(7-5-10)13(15)12-8-14-9-12/h4-7,12,14H,2-3,8-9H2,1H3. The Kier molecular flexibility index (Phi) is 3.17. The van der Waals surface area contributed by atoms with Gasteiger partial charge in [-0.05, 0) is 12.0 Å². The molecule has 0 unspecified atom stereocenters. The Morgan fingerprint density at radius 3 is 2.47 bits per heavy atom. The molecule has 80 valence electrons. The lowest BCUT2D eigenvalue weighted by Gasteiger charge is -2.25. The normalized spacial score (nSPS) is 16.1. The number of benzene rings is 1. The summed E-state index contributed by atoms with van der Waals surface area (Å²) in [5.74, 6) is 0.499. The molecule has 0 saturated carbocycles. The summed E-state index contributed by atoms with van der Waals surface area (Å²) in [6, 6.07) is 8.07. The van der Waals surface area contributed by atoms with Crippen molar-refractivity contribution in [3.05, 3.63) is 35.4 Å². The second-order valence-electron chi connectivity index (χ2n) is 4.17. The Morgan fingerprint density at radius 2 is 2.00 bits per heavy atom. The fourth-order valence-corrected chi connectivity index (χ4v) is 1.83. The predicted octanol–water partition coefficient (Wildman–Crippen LogP) is 2.04. The van der Waals surface area contributed by atoms with E-state index in [4.69, 9.17) is 0 Å². The predicted molar refractivity (Wildman–Crippen MR) is 61.1 cm³/mol. The van der Waals surface area contributed by atoms with Gasteiger partial charge in [0.25, 0.3) is 0 Å². The zero-order valence-corrected chi connectivity index (χ0v) is 9.12. The SMILES string of the molecule is CCCc1ccc(C(=O)C2CNC2)cc1. The average Bonchev–Trinajstić information content (AvgIpc) is 2.16. The zero-order valence-electron chi connectivity index (χ0n) is 9.12. The topological polar surface area (TPSA) is 29.1 Å². The smallest absolute Gasteiger partial charge is 0.168 e. The van der Waals surface area contributed by atoms with Gasteiger partial charge in [-0.25, -0.2) is 0 Å². The van der Waals surface area contributed by atoms with Crippen LogP contribution >= 0.6 is 0 Å². The van der Waals surface area contributed by atoms with E-state index in [0.717, 1.165) is 31.5 Å². The van der Waals surface area contributed by atoms with Crippen molar-refractivity contribution >= 4 is 5.78 Å². The van der Waals surface area contributed by atoms with E-state index in [0.29, 0.717) is 0 Å². The van der Waals surface area contributed by atoms with Gasteiger partial charge in [-0.1, -0.05) is 37.6 Å². The molecule has 1 aliphatic rings. The van der Waals surface area contributed by atoms with Crippen molar-refractivity contribution in [2.75, 3.05) is 13.1 Å². The van der Waals surface area contributed by atoms with Crippen LogP contribution in [0.15, 0.2) is 24.3 Å². The van der Waals surface area contributed by atoms with Gasteiger partial charge in [0.15, 0.2) is 5.78 Å². The van der Waals surface area contributed by atoms with Crippen LogP contribution in [0.4, 0.5) is 0 Å². The molecule has 0 spiro atoms. The van der Waals surface area contributed by atoms with Gasteiger partial charge in [-0.15, -0.1) is 0 Å². The van der Waals surface area contributed by atoms with Gasteiger partial charge in [-0.3, -0.25) is 4.79 Å². The molecule has 2 nitrogen and oxygen atoms in total. The molecule has 0 aromatic heterocycles. The number of hydrogen-bond donors (Lipinski definition) is 1. The largest absolute Gasteiger partial charge is 0.315 e. The highest BCUT2D eigenvalue weighted by Crippen LogP contribution is 2.14. The fraction of sp³-hybridized carbons (Fsp3) is 0.462. The maximum Gasteiger partial charge on any atom is 0.168 e. The lowest BCUT2D eigenvalue weighted by Crippen LogP contribution is -2.46. The summed E-state index contributed by atoms with van der Waals surface area (Å²) in [7, 11) is 0. The molecule has 2 rings (SSSR count). The summed E-state index contributed by atoms with van der Waals surface area (Å²) in [6.45, 7) is 3.85. The molecular formula is C13H17NO. The van der Waals surface area contributed by atoms with Crippen LogP contribution in [-0.4, -0.2) is 18.9 Å². The second-order valence-corrected chi connectivity index (χ2v) is 4.17. The molecule has 1 saturated heterocycles. The monoisotopic (exact) mass is 203 g/mol. The Hall–Kier alpha value is -1.15. The van der Waals surface area contributed by atoms with Crippen molar-refractivity contribution in [2.45, 2.75) is 19.8 Å². The molecule has 0 radical (unpaired) electrons. The molecule has 0 bridgehead atoms. The quantitative estimate of drug-likeness (QED) is 0.759. The third kappa shape index (κ3) is 2.26. The number of ketones is 1. The first-order chi connectivity index (χ1) is 7.31. The Bertz CT molecular complexity index is 338.